The lowest BCUT2D eigenvalue weighted by Crippen LogP contribution is -2.49. The number of rotatable bonds is 7. The highest BCUT2D eigenvalue weighted by Crippen LogP contribution is 2.15. The zero-order valence-corrected chi connectivity index (χ0v) is 13.4. The average Bonchev–Trinajstić information content (AvgIpc) is 2.43. The van der Waals surface area contributed by atoms with Crippen molar-refractivity contribution in [2.45, 2.75) is 46.0 Å². The Kier molecular flexibility index (Phi) is 6.47. The second-order valence-corrected chi connectivity index (χ2v) is 5.69. The second kappa shape index (κ2) is 7.86. The van der Waals surface area contributed by atoms with Gasteiger partial charge in [-0.2, -0.15) is 0 Å². The molecular weight excluding hydrogens is 265 g/mol. The van der Waals surface area contributed by atoms with E-state index in [0.717, 1.165) is 13.7 Å². The summed E-state index contributed by atoms with van der Waals surface area (Å²) in [6.07, 6.45) is 1.54. The van der Waals surface area contributed by atoms with Crippen LogP contribution in [0.3, 0.4) is 0 Å². The molecule has 1 N–H and O–H groups in total. The average molecular weight is 289 g/mol. The van der Waals surface area contributed by atoms with Gasteiger partial charge in [-0.1, -0.05) is 36.6 Å². The molecule has 1 aromatic carbocycles. The van der Waals surface area contributed by atoms with Gasteiger partial charge in [-0.3, -0.25) is 9.59 Å². The number of esters is 1. The Labute approximate surface area is 127 Å². The third-order valence-corrected chi connectivity index (χ3v) is 3.47. The molecule has 0 fully saturated rings. The van der Waals surface area contributed by atoms with E-state index < -0.39 is 5.54 Å². The van der Waals surface area contributed by atoms with Crippen molar-refractivity contribution in [3.8, 4) is 0 Å². The van der Waals surface area contributed by atoms with Crippen molar-refractivity contribution in [2.24, 2.45) is 0 Å². The van der Waals surface area contributed by atoms with Crippen LogP contribution in [0.1, 0.15) is 32.8 Å². The monoisotopic (exact) mass is 289 g/mol. The minimum atomic E-state index is -0.541. The summed E-state index contributed by atoms with van der Waals surface area (Å²) in [7, 11) is 1.02. The van der Waals surface area contributed by atoms with Crippen LogP contribution in [0.15, 0.2) is 24.3 Å². The Morgan fingerprint density at radius 2 is 1.86 bits per heavy atom. The van der Waals surface area contributed by atoms with E-state index in [-0.39, 0.29) is 18.5 Å². The molecule has 1 aromatic rings. The number of hydrogen-bond donors (Lipinski definition) is 1. The summed E-state index contributed by atoms with van der Waals surface area (Å²) < 4.78 is 5.08. The molecule has 0 aliphatic rings. The Morgan fingerprint density at radius 3 is 2.33 bits per heavy atom. The zero-order valence-electron chi connectivity index (χ0n) is 13.4. The summed E-state index contributed by atoms with van der Waals surface area (Å²) in [4.78, 5) is 22.3. The predicted molar refractivity (Wildman–Crippen MR) is 86.3 cm³/mol. The van der Waals surface area contributed by atoms with E-state index in [0.29, 0.717) is 6.42 Å². The van der Waals surface area contributed by atoms with E-state index in [1.807, 2.05) is 6.92 Å². The molecule has 1 amide bonds. The van der Waals surface area contributed by atoms with E-state index in [9.17, 15) is 9.59 Å². The summed E-state index contributed by atoms with van der Waals surface area (Å²) in [5, 5.41) is 2.89. The van der Waals surface area contributed by atoms with Gasteiger partial charge in [0.1, 0.15) is 6.61 Å². The Bertz CT molecular complexity index is 487. The van der Waals surface area contributed by atoms with E-state index in [1.54, 1.807) is 0 Å². The number of hydrogen-bond acceptors (Lipinski definition) is 3. The van der Waals surface area contributed by atoms with Gasteiger partial charge in [0.05, 0.1) is 5.54 Å². The molecule has 0 bridgehead atoms. The SMILES string of the molecule is CBc1ccc(CCC(C)(COC(C)=O)NC(C)=O)cc1. The molecule has 0 saturated carbocycles. The van der Waals surface area contributed by atoms with E-state index in [2.05, 4.69) is 36.4 Å². The van der Waals surface area contributed by atoms with Gasteiger partial charge >= 0.3 is 5.97 Å². The quantitative estimate of drug-likeness (QED) is 0.606. The Balaban J connectivity index is 2.66. The molecule has 1 unspecified atom stereocenters. The molecule has 0 spiro atoms. The number of carbonyl (C=O) groups excluding carboxylic acids is 2. The zero-order chi connectivity index (χ0) is 15.9. The second-order valence-electron chi connectivity index (χ2n) is 5.69. The minimum Gasteiger partial charge on any atom is -0.463 e. The molecule has 0 aromatic heterocycles. The minimum absolute atomic E-state index is 0.119. The van der Waals surface area contributed by atoms with Gasteiger partial charge in [-0.25, -0.2) is 0 Å². The summed E-state index contributed by atoms with van der Waals surface area (Å²) in [6.45, 7) is 7.06. The molecule has 0 aliphatic carbocycles. The highest BCUT2D eigenvalue weighted by molar-refractivity contribution is 6.51. The lowest BCUT2D eigenvalue weighted by atomic mass is 9.73. The first-order chi connectivity index (χ1) is 9.84. The summed E-state index contributed by atoms with van der Waals surface area (Å²) in [5.74, 6) is -0.454. The number of aryl methyl sites for hydroxylation is 1. The lowest BCUT2D eigenvalue weighted by Gasteiger charge is -2.30. The van der Waals surface area contributed by atoms with Gasteiger partial charge in [-0.15, -0.1) is 0 Å². The van der Waals surface area contributed by atoms with Crippen LogP contribution in [0.2, 0.25) is 6.82 Å². The first-order valence-electron chi connectivity index (χ1n) is 7.34. The van der Waals surface area contributed by atoms with Gasteiger partial charge < -0.3 is 10.1 Å². The van der Waals surface area contributed by atoms with Crippen molar-refractivity contribution in [1.29, 1.82) is 0 Å². The van der Waals surface area contributed by atoms with Gasteiger partial charge in [-0.05, 0) is 25.3 Å². The van der Waals surface area contributed by atoms with Crippen LogP contribution < -0.4 is 10.8 Å². The summed E-state index contributed by atoms with van der Waals surface area (Å²) >= 11 is 0. The topological polar surface area (TPSA) is 55.4 Å². The maximum absolute atomic E-state index is 11.3. The summed E-state index contributed by atoms with van der Waals surface area (Å²) in [5.41, 5.74) is 1.98. The number of nitrogens with one attached hydrogen (secondary N) is 1. The first kappa shape index (κ1) is 17.3. The van der Waals surface area contributed by atoms with Gasteiger partial charge in [0.15, 0.2) is 7.28 Å². The fourth-order valence-corrected chi connectivity index (χ4v) is 2.22. The number of ether oxygens (including phenoxy) is 1. The van der Waals surface area contributed by atoms with E-state index in [1.165, 1.54) is 24.9 Å². The van der Waals surface area contributed by atoms with Crippen LogP contribution in [0.4, 0.5) is 0 Å². The van der Waals surface area contributed by atoms with Gasteiger partial charge in [0, 0.05) is 13.8 Å². The molecule has 1 atom stereocenters. The fourth-order valence-electron chi connectivity index (χ4n) is 2.22. The van der Waals surface area contributed by atoms with E-state index in [4.69, 9.17) is 4.74 Å². The van der Waals surface area contributed by atoms with E-state index >= 15 is 0 Å². The number of amides is 1. The molecule has 21 heavy (non-hydrogen) atoms. The highest BCUT2D eigenvalue weighted by atomic mass is 16.5. The lowest BCUT2D eigenvalue weighted by molar-refractivity contribution is -0.144. The molecule has 1 rings (SSSR count). The van der Waals surface area contributed by atoms with Crippen LogP contribution in [-0.2, 0) is 20.7 Å². The molecule has 4 nitrogen and oxygen atoms in total. The van der Waals surface area contributed by atoms with Gasteiger partial charge in [0.2, 0.25) is 5.91 Å². The smallest absolute Gasteiger partial charge is 0.302 e. The normalized spacial score (nSPS) is 13.1. The van der Waals surface area contributed by atoms with Crippen LogP contribution in [0.25, 0.3) is 0 Å². The van der Waals surface area contributed by atoms with Crippen LogP contribution >= 0.6 is 0 Å². The van der Waals surface area contributed by atoms with Crippen LogP contribution in [0, 0.1) is 0 Å². The van der Waals surface area contributed by atoms with Crippen molar-refractivity contribution in [1.82, 2.24) is 5.32 Å². The van der Waals surface area contributed by atoms with Crippen molar-refractivity contribution >= 4 is 24.6 Å². The fraction of sp³-hybridized carbons (Fsp3) is 0.500. The molecular formula is C16H24BNO3. The van der Waals surface area contributed by atoms with Crippen molar-refractivity contribution < 1.29 is 14.3 Å². The maximum Gasteiger partial charge on any atom is 0.302 e. The molecule has 114 valence electrons. The number of carbonyl (C=O) groups is 2. The number of benzene rings is 1. The third kappa shape index (κ3) is 6.47. The van der Waals surface area contributed by atoms with Gasteiger partial charge in [0.25, 0.3) is 0 Å². The van der Waals surface area contributed by atoms with Crippen LogP contribution in [-0.4, -0.2) is 31.3 Å². The maximum atomic E-state index is 11.3. The van der Waals surface area contributed by atoms with Crippen molar-refractivity contribution in [3.05, 3.63) is 29.8 Å². The molecule has 0 radical (unpaired) electrons. The van der Waals surface area contributed by atoms with Crippen LogP contribution in [0.5, 0.6) is 0 Å². The Hall–Kier alpha value is -1.78. The summed E-state index contributed by atoms with van der Waals surface area (Å²) in [6, 6.07) is 8.46. The largest absolute Gasteiger partial charge is 0.463 e. The molecule has 0 heterocycles. The van der Waals surface area contributed by atoms with Crippen molar-refractivity contribution in [2.75, 3.05) is 6.61 Å². The standard InChI is InChI=1S/C16H24BNO3/c1-12(19)18-16(3,11-21-13(2)20)10-9-14-5-7-15(17-4)8-6-14/h5-8,17H,9-11H2,1-4H3,(H,18,19). The first-order valence-corrected chi connectivity index (χ1v) is 7.34. The van der Waals surface area contributed by atoms with Crippen molar-refractivity contribution in [3.63, 3.8) is 0 Å². The molecule has 0 aliphatic heterocycles. The predicted octanol–water partition coefficient (Wildman–Crippen LogP) is 1.19. The third-order valence-electron chi connectivity index (χ3n) is 3.47. The molecule has 5 heteroatoms. The molecule has 0 saturated heterocycles. The Morgan fingerprint density at radius 1 is 1.24 bits per heavy atom. The highest BCUT2D eigenvalue weighted by Gasteiger charge is 2.26.